The molecule has 188 valence electrons. The smallest absolute Gasteiger partial charge is 0.159 e. The summed E-state index contributed by atoms with van der Waals surface area (Å²) in [6, 6.07) is 10.9. The summed E-state index contributed by atoms with van der Waals surface area (Å²) in [5, 5.41) is 0. The van der Waals surface area contributed by atoms with Crippen LogP contribution in [-0.4, -0.2) is 31.3 Å². The SMILES string of the molecule is CCCC[Si](C)(C)CCCCOc1cnc(-c2ccc(OCCCCCCC3CC3)cc2)nc1. The molecular weight excluding hydrogens is 436 g/mol. The summed E-state index contributed by atoms with van der Waals surface area (Å²) in [5.41, 5.74) is 0.998. The molecule has 34 heavy (non-hydrogen) atoms. The molecule has 0 atom stereocenters. The second-order valence-corrected chi connectivity index (χ2v) is 16.2. The number of unbranched alkanes of at least 4 members (excludes halogenated alkanes) is 5. The van der Waals surface area contributed by atoms with Crippen LogP contribution in [0.3, 0.4) is 0 Å². The number of ether oxygens (including phenoxy) is 2. The number of nitrogens with zero attached hydrogens (tertiary/aromatic N) is 2. The second-order valence-electron chi connectivity index (χ2n) is 10.8. The van der Waals surface area contributed by atoms with Gasteiger partial charge in [-0.3, -0.25) is 0 Å². The number of aromatic nitrogens is 2. The number of hydrogen-bond acceptors (Lipinski definition) is 4. The number of benzene rings is 1. The molecule has 1 aromatic carbocycles. The highest BCUT2D eigenvalue weighted by Crippen LogP contribution is 2.34. The van der Waals surface area contributed by atoms with E-state index in [-0.39, 0.29) is 0 Å². The average molecular weight is 483 g/mol. The van der Waals surface area contributed by atoms with Gasteiger partial charge in [-0.05, 0) is 43.0 Å². The molecule has 1 aliphatic rings. The standard InChI is InChI=1S/C29H46N2O2Si/c1-4-5-21-34(2,3)22-11-10-20-33-28-23-30-29(31-24-28)26-15-17-27(18-16-26)32-19-9-7-6-8-12-25-13-14-25/h15-18,23-25H,4-14,19-22H2,1-3H3. The largest absolute Gasteiger partial charge is 0.494 e. The zero-order valence-electron chi connectivity index (χ0n) is 21.9. The van der Waals surface area contributed by atoms with Gasteiger partial charge in [0.25, 0.3) is 0 Å². The highest BCUT2D eigenvalue weighted by atomic mass is 28.3. The van der Waals surface area contributed by atoms with Crippen LogP contribution in [0.1, 0.15) is 77.6 Å². The lowest BCUT2D eigenvalue weighted by molar-refractivity contribution is 0.304. The molecule has 1 aromatic heterocycles. The van der Waals surface area contributed by atoms with Crippen molar-refractivity contribution in [3.63, 3.8) is 0 Å². The molecule has 0 amide bonds. The lowest BCUT2D eigenvalue weighted by atomic mass is 10.1. The summed E-state index contributed by atoms with van der Waals surface area (Å²) in [6.07, 6.45) is 18.2. The zero-order valence-corrected chi connectivity index (χ0v) is 22.9. The van der Waals surface area contributed by atoms with Crippen molar-refractivity contribution in [3.8, 4) is 22.9 Å². The quantitative estimate of drug-likeness (QED) is 0.158. The summed E-state index contributed by atoms with van der Waals surface area (Å²) in [4.78, 5) is 9.00. The van der Waals surface area contributed by atoms with Crippen LogP contribution >= 0.6 is 0 Å². The van der Waals surface area contributed by atoms with E-state index in [0.717, 1.165) is 54.9 Å². The Kier molecular flexibility index (Phi) is 11.4. The molecule has 0 unspecified atom stereocenters. The highest BCUT2D eigenvalue weighted by Gasteiger charge is 2.20. The van der Waals surface area contributed by atoms with Crippen molar-refractivity contribution in [1.82, 2.24) is 9.97 Å². The fourth-order valence-corrected chi connectivity index (χ4v) is 7.17. The monoisotopic (exact) mass is 482 g/mol. The van der Waals surface area contributed by atoms with Crippen molar-refractivity contribution in [3.05, 3.63) is 36.7 Å². The molecule has 0 bridgehead atoms. The molecule has 2 aromatic rings. The van der Waals surface area contributed by atoms with Gasteiger partial charge in [-0.25, -0.2) is 9.97 Å². The lowest BCUT2D eigenvalue weighted by Gasteiger charge is -2.21. The Balaban J connectivity index is 1.30. The molecule has 0 aliphatic heterocycles. The van der Waals surface area contributed by atoms with E-state index < -0.39 is 8.07 Å². The molecule has 1 saturated carbocycles. The topological polar surface area (TPSA) is 44.2 Å². The third-order valence-electron chi connectivity index (χ3n) is 6.94. The van der Waals surface area contributed by atoms with E-state index in [9.17, 15) is 0 Å². The molecule has 1 aliphatic carbocycles. The number of rotatable bonds is 18. The molecule has 1 heterocycles. The Morgan fingerprint density at radius 1 is 0.765 bits per heavy atom. The zero-order chi connectivity index (χ0) is 24.1. The molecule has 4 nitrogen and oxygen atoms in total. The van der Waals surface area contributed by atoms with Gasteiger partial charge in [-0.2, -0.15) is 0 Å². The summed E-state index contributed by atoms with van der Waals surface area (Å²) >= 11 is 0. The van der Waals surface area contributed by atoms with Crippen molar-refractivity contribution < 1.29 is 9.47 Å². The molecule has 0 N–H and O–H groups in total. The Labute approximate surface area is 208 Å². The van der Waals surface area contributed by atoms with E-state index in [0.29, 0.717) is 0 Å². The van der Waals surface area contributed by atoms with E-state index in [1.165, 1.54) is 69.9 Å². The first-order valence-corrected chi connectivity index (χ1v) is 17.2. The van der Waals surface area contributed by atoms with Crippen LogP contribution in [-0.2, 0) is 0 Å². The minimum absolute atomic E-state index is 0.721. The second kappa shape index (κ2) is 14.5. The van der Waals surface area contributed by atoms with Crippen LogP contribution < -0.4 is 9.47 Å². The summed E-state index contributed by atoms with van der Waals surface area (Å²) in [5.74, 6) is 3.45. The van der Waals surface area contributed by atoms with Crippen molar-refractivity contribution in [1.29, 1.82) is 0 Å². The Morgan fingerprint density at radius 3 is 2.06 bits per heavy atom. The van der Waals surface area contributed by atoms with Crippen molar-refractivity contribution in [2.24, 2.45) is 5.92 Å². The first-order valence-electron chi connectivity index (χ1n) is 13.7. The van der Waals surface area contributed by atoms with Gasteiger partial charge in [-0.1, -0.05) is 89.9 Å². The minimum atomic E-state index is -1.01. The molecule has 3 rings (SSSR count). The molecule has 0 spiro atoms. The first-order chi connectivity index (χ1) is 16.6. The van der Waals surface area contributed by atoms with Crippen molar-refractivity contribution >= 4 is 8.07 Å². The van der Waals surface area contributed by atoms with Crippen molar-refractivity contribution in [2.75, 3.05) is 13.2 Å². The maximum Gasteiger partial charge on any atom is 0.159 e. The predicted octanol–water partition coefficient (Wildman–Crippen LogP) is 8.55. The van der Waals surface area contributed by atoms with Gasteiger partial charge in [-0.15, -0.1) is 0 Å². The normalized spacial score (nSPS) is 13.7. The van der Waals surface area contributed by atoms with Crippen LogP contribution in [0, 0.1) is 5.92 Å². The van der Waals surface area contributed by atoms with E-state index in [1.54, 1.807) is 12.4 Å². The molecular formula is C29H46N2O2Si. The Bertz CT molecular complexity index is 804. The van der Waals surface area contributed by atoms with Crippen LogP contribution in [0.2, 0.25) is 25.2 Å². The summed E-state index contributed by atoms with van der Waals surface area (Å²) in [7, 11) is -1.01. The Morgan fingerprint density at radius 2 is 1.38 bits per heavy atom. The average Bonchev–Trinajstić information content (AvgIpc) is 3.67. The minimum Gasteiger partial charge on any atom is -0.494 e. The van der Waals surface area contributed by atoms with E-state index in [2.05, 4.69) is 30.0 Å². The first kappa shape index (κ1) is 26.7. The van der Waals surface area contributed by atoms with Crippen LogP contribution in [0.5, 0.6) is 11.5 Å². The van der Waals surface area contributed by atoms with Crippen molar-refractivity contribution in [2.45, 2.75) is 103 Å². The third-order valence-corrected chi connectivity index (χ3v) is 10.4. The Hall–Kier alpha value is -1.88. The maximum atomic E-state index is 5.90. The van der Waals surface area contributed by atoms with E-state index >= 15 is 0 Å². The summed E-state index contributed by atoms with van der Waals surface area (Å²) < 4.78 is 11.8. The van der Waals surface area contributed by atoms with E-state index in [1.807, 2.05) is 24.3 Å². The molecule has 0 radical (unpaired) electrons. The fourth-order valence-electron chi connectivity index (χ4n) is 4.40. The van der Waals surface area contributed by atoms with Gasteiger partial charge >= 0.3 is 0 Å². The van der Waals surface area contributed by atoms with Gasteiger partial charge < -0.3 is 9.47 Å². The van der Waals surface area contributed by atoms with Gasteiger partial charge in [0.1, 0.15) is 5.75 Å². The van der Waals surface area contributed by atoms with Crippen LogP contribution in [0.15, 0.2) is 36.7 Å². The number of hydrogen-bond donors (Lipinski definition) is 0. The highest BCUT2D eigenvalue weighted by molar-refractivity contribution is 6.77. The molecule has 0 saturated heterocycles. The molecule has 1 fully saturated rings. The van der Waals surface area contributed by atoms with Crippen LogP contribution in [0.25, 0.3) is 11.4 Å². The molecule has 5 heteroatoms. The van der Waals surface area contributed by atoms with Gasteiger partial charge in [0.2, 0.25) is 0 Å². The lowest BCUT2D eigenvalue weighted by Crippen LogP contribution is -2.24. The van der Waals surface area contributed by atoms with E-state index in [4.69, 9.17) is 9.47 Å². The van der Waals surface area contributed by atoms with Gasteiger partial charge in [0, 0.05) is 13.6 Å². The summed E-state index contributed by atoms with van der Waals surface area (Å²) in [6.45, 7) is 8.87. The predicted molar refractivity (Wildman–Crippen MR) is 146 cm³/mol. The van der Waals surface area contributed by atoms with Gasteiger partial charge in [0.15, 0.2) is 11.6 Å². The van der Waals surface area contributed by atoms with Crippen LogP contribution in [0.4, 0.5) is 0 Å². The fraction of sp³-hybridized carbons (Fsp3) is 0.655. The maximum absolute atomic E-state index is 5.90. The third kappa shape index (κ3) is 10.6. The van der Waals surface area contributed by atoms with Gasteiger partial charge in [0.05, 0.1) is 25.6 Å².